The Morgan fingerprint density at radius 1 is 1.12 bits per heavy atom. The van der Waals surface area contributed by atoms with Gasteiger partial charge in [0.05, 0.1) is 18.4 Å². The summed E-state index contributed by atoms with van der Waals surface area (Å²) in [5, 5.41) is 2.94. The van der Waals surface area contributed by atoms with E-state index in [2.05, 4.69) is 25.0 Å². The van der Waals surface area contributed by atoms with Gasteiger partial charge in [0.15, 0.2) is 0 Å². The number of benzene rings is 1. The first-order chi connectivity index (χ1) is 16.0. The summed E-state index contributed by atoms with van der Waals surface area (Å²) in [5.74, 6) is 0.293. The zero-order valence-corrected chi connectivity index (χ0v) is 18.6. The second kappa shape index (κ2) is 11.5. The standard InChI is InChI=1S/C21H20F3N5O2.C2H6/c1-13-12-29(8-9-30-13)21-25-7-6-18(28-21)27-17-10-15(11-26-19(17)22)14-2-4-16(5-3-14)31-20(23)24;1-2/h2-7,10-11,13,20H,8-9,12H2,1H3,(H,25,27,28);1-2H3. The van der Waals surface area contributed by atoms with E-state index >= 15 is 0 Å². The minimum atomic E-state index is -2.90. The van der Waals surface area contributed by atoms with Gasteiger partial charge in [-0.1, -0.05) is 26.0 Å². The quantitative estimate of drug-likeness (QED) is 0.501. The molecule has 1 saturated heterocycles. The summed E-state index contributed by atoms with van der Waals surface area (Å²) in [7, 11) is 0. The number of halogens is 3. The number of hydrogen-bond acceptors (Lipinski definition) is 7. The molecule has 7 nitrogen and oxygen atoms in total. The summed E-state index contributed by atoms with van der Waals surface area (Å²) in [4.78, 5) is 14.6. The van der Waals surface area contributed by atoms with E-state index in [0.717, 1.165) is 0 Å². The van der Waals surface area contributed by atoms with Gasteiger partial charge in [-0.15, -0.1) is 0 Å². The van der Waals surface area contributed by atoms with E-state index in [1.807, 2.05) is 25.7 Å². The molecule has 1 unspecified atom stereocenters. The summed E-state index contributed by atoms with van der Waals surface area (Å²) in [6.45, 7) is 5.01. The maximum atomic E-state index is 14.3. The van der Waals surface area contributed by atoms with Crippen molar-refractivity contribution in [2.24, 2.45) is 0 Å². The Bertz CT molecular complexity index is 1040. The fourth-order valence-corrected chi connectivity index (χ4v) is 3.23. The maximum absolute atomic E-state index is 14.3. The maximum Gasteiger partial charge on any atom is 0.387 e. The third-order valence-corrected chi connectivity index (χ3v) is 4.68. The van der Waals surface area contributed by atoms with Gasteiger partial charge in [0, 0.05) is 31.0 Å². The molecule has 3 heterocycles. The highest BCUT2D eigenvalue weighted by molar-refractivity contribution is 5.69. The van der Waals surface area contributed by atoms with E-state index in [1.165, 1.54) is 18.3 Å². The molecule has 4 rings (SSSR count). The second-order valence-electron chi connectivity index (χ2n) is 6.96. The van der Waals surface area contributed by atoms with E-state index < -0.39 is 12.6 Å². The lowest BCUT2D eigenvalue weighted by atomic mass is 10.1. The van der Waals surface area contributed by atoms with Gasteiger partial charge in [-0.2, -0.15) is 18.2 Å². The van der Waals surface area contributed by atoms with Crippen molar-refractivity contribution in [2.45, 2.75) is 33.5 Å². The first-order valence-electron chi connectivity index (χ1n) is 10.7. The summed E-state index contributed by atoms with van der Waals surface area (Å²) in [5.41, 5.74) is 1.40. The number of pyridine rings is 1. The van der Waals surface area contributed by atoms with Crippen LogP contribution in [0.4, 0.5) is 30.6 Å². The highest BCUT2D eigenvalue weighted by Gasteiger charge is 2.19. The Labute approximate surface area is 190 Å². The first-order valence-corrected chi connectivity index (χ1v) is 10.7. The number of nitrogens with one attached hydrogen (secondary N) is 1. The highest BCUT2D eigenvalue weighted by Crippen LogP contribution is 2.27. The predicted molar refractivity (Wildman–Crippen MR) is 121 cm³/mol. The van der Waals surface area contributed by atoms with Gasteiger partial charge in [0.2, 0.25) is 11.9 Å². The smallest absolute Gasteiger partial charge is 0.387 e. The third-order valence-electron chi connectivity index (χ3n) is 4.68. The Kier molecular flexibility index (Phi) is 8.42. The average molecular weight is 461 g/mol. The van der Waals surface area contributed by atoms with Crippen molar-refractivity contribution in [1.82, 2.24) is 15.0 Å². The molecule has 1 aliphatic heterocycles. The van der Waals surface area contributed by atoms with Gasteiger partial charge in [0.1, 0.15) is 11.6 Å². The van der Waals surface area contributed by atoms with Crippen molar-refractivity contribution in [2.75, 3.05) is 29.9 Å². The van der Waals surface area contributed by atoms with Crippen LogP contribution in [-0.2, 0) is 4.74 Å². The zero-order chi connectivity index (χ0) is 23.8. The van der Waals surface area contributed by atoms with Gasteiger partial charge in [-0.25, -0.2) is 9.97 Å². The fraction of sp³-hybridized carbons (Fsp3) is 0.348. The van der Waals surface area contributed by atoms with Crippen LogP contribution in [0.2, 0.25) is 0 Å². The van der Waals surface area contributed by atoms with Crippen LogP contribution in [0.5, 0.6) is 5.75 Å². The summed E-state index contributed by atoms with van der Waals surface area (Å²) in [6.07, 6.45) is 3.04. The van der Waals surface area contributed by atoms with Crippen molar-refractivity contribution in [3.63, 3.8) is 0 Å². The van der Waals surface area contributed by atoms with E-state index in [-0.39, 0.29) is 17.5 Å². The van der Waals surface area contributed by atoms with Crippen molar-refractivity contribution in [3.8, 4) is 16.9 Å². The number of ether oxygens (including phenoxy) is 2. The van der Waals surface area contributed by atoms with Crippen LogP contribution >= 0.6 is 0 Å². The molecule has 1 atom stereocenters. The van der Waals surface area contributed by atoms with E-state index in [9.17, 15) is 13.2 Å². The van der Waals surface area contributed by atoms with E-state index in [4.69, 9.17) is 4.74 Å². The van der Waals surface area contributed by atoms with Crippen molar-refractivity contribution in [1.29, 1.82) is 0 Å². The third kappa shape index (κ3) is 6.55. The predicted octanol–water partition coefficient (Wildman–Crippen LogP) is 5.27. The second-order valence-corrected chi connectivity index (χ2v) is 6.96. The molecule has 0 bridgehead atoms. The molecule has 1 N–H and O–H groups in total. The Balaban J connectivity index is 0.00000149. The van der Waals surface area contributed by atoms with Crippen molar-refractivity contribution < 1.29 is 22.6 Å². The Hall–Kier alpha value is -3.40. The summed E-state index contributed by atoms with van der Waals surface area (Å²) in [6, 6.07) is 9.23. The molecule has 33 heavy (non-hydrogen) atoms. The molecule has 2 aromatic heterocycles. The molecule has 1 fully saturated rings. The number of aromatic nitrogens is 3. The number of morpholine rings is 1. The fourth-order valence-electron chi connectivity index (χ4n) is 3.23. The number of rotatable bonds is 6. The summed E-state index contributed by atoms with van der Waals surface area (Å²) >= 11 is 0. The van der Waals surface area contributed by atoms with Gasteiger partial charge < -0.3 is 19.7 Å². The number of anilines is 3. The molecular weight excluding hydrogens is 435 g/mol. The lowest BCUT2D eigenvalue weighted by Crippen LogP contribution is -2.42. The highest BCUT2D eigenvalue weighted by atomic mass is 19.3. The molecule has 176 valence electrons. The molecule has 0 spiro atoms. The molecule has 1 aliphatic rings. The monoisotopic (exact) mass is 461 g/mol. The van der Waals surface area contributed by atoms with Gasteiger partial charge in [-0.3, -0.25) is 0 Å². The minimum absolute atomic E-state index is 0.0399. The van der Waals surface area contributed by atoms with Crippen LogP contribution in [0, 0.1) is 5.95 Å². The number of nitrogens with zero attached hydrogens (tertiary/aromatic N) is 4. The van der Waals surface area contributed by atoms with Crippen LogP contribution in [0.3, 0.4) is 0 Å². The number of hydrogen-bond donors (Lipinski definition) is 1. The normalized spacial score (nSPS) is 15.6. The number of alkyl halides is 2. The summed E-state index contributed by atoms with van der Waals surface area (Å²) < 4.78 is 48.8. The van der Waals surface area contributed by atoms with E-state index in [1.54, 1.807) is 30.5 Å². The van der Waals surface area contributed by atoms with Crippen molar-refractivity contribution >= 4 is 17.5 Å². The molecule has 0 amide bonds. The van der Waals surface area contributed by atoms with Crippen LogP contribution < -0.4 is 15.0 Å². The molecule has 0 saturated carbocycles. The molecule has 0 aliphatic carbocycles. The first kappa shape index (κ1) is 24.2. The average Bonchev–Trinajstić information content (AvgIpc) is 2.82. The topological polar surface area (TPSA) is 72.4 Å². The zero-order valence-electron chi connectivity index (χ0n) is 18.6. The minimum Gasteiger partial charge on any atom is -0.435 e. The van der Waals surface area contributed by atoms with Gasteiger partial charge >= 0.3 is 6.61 Å². The Morgan fingerprint density at radius 2 is 1.88 bits per heavy atom. The molecule has 3 aromatic rings. The van der Waals surface area contributed by atoms with Gasteiger partial charge in [-0.05, 0) is 36.8 Å². The lowest BCUT2D eigenvalue weighted by Gasteiger charge is -2.31. The van der Waals surface area contributed by atoms with Gasteiger partial charge in [0.25, 0.3) is 0 Å². The van der Waals surface area contributed by atoms with Crippen LogP contribution in [0.1, 0.15) is 20.8 Å². The molecule has 10 heteroatoms. The largest absolute Gasteiger partial charge is 0.435 e. The van der Waals surface area contributed by atoms with E-state index in [0.29, 0.717) is 42.6 Å². The van der Waals surface area contributed by atoms with Crippen LogP contribution in [-0.4, -0.2) is 47.4 Å². The van der Waals surface area contributed by atoms with Crippen LogP contribution in [0.25, 0.3) is 11.1 Å². The SMILES string of the molecule is CC.CC1CN(c2nccc(Nc3cc(-c4ccc(OC(F)F)cc4)cnc3F)n2)CCO1. The lowest BCUT2D eigenvalue weighted by molar-refractivity contribution is -0.0498. The molecule has 1 aromatic carbocycles. The van der Waals surface area contributed by atoms with Crippen molar-refractivity contribution in [3.05, 3.63) is 54.7 Å². The van der Waals surface area contributed by atoms with Crippen LogP contribution in [0.15, 0.2) is 48.8 Å². The Morgan fingerprint density at radius 3 is 2.58 bits per heavy atom. The molecule has 0 radical (unpaired) electrons. The molecular formula is C23H26F3N5O2.